The van der Waals surface area contributed by atoms with Gasteiger partial charge < -0.3 is 14.9 Å². The summed E-state index contributed by atoms with van der Waals surface area (Å²) in [7, 11) is 4.01. The van der Waals surface area contributed by atoms with E-state index < -0.39 is 0 Å². The van der Waals surface area contributed by atoms with E-state index in [4.69, 9.17) is 5.11 Å². The number of amides is 1. The van der Waals surface area contributed by atoms with Crippen molar-refractivity contribution in [3.63, 3.8) is 0 Å². The molecule has 0 rings (SSSR count). The van der Waals surface area contributed by atoms with E-state index in [9.17, 15) is 4.79 Å². The molecule has 0 aliphatic heterocycles. The number of quaternary nitrogens is 1. The second kappa shape index (κ2) is 5.78. The fourth-order valence-corrected chi connectivity index (χ4v) is 0.979. The summed E-state index contributed by atoms with van der Waals surface area (Å²) >= 11 is 0. The third-order valence-electron chi connectivity index (χ3n) is 2.02. The number of aliphatic hydroxyl groups excluding tert-OH is 1. The van der Waals surface area contributed by atoms with Crippen molar-refractivity contribution in [2.45, 2.75) is 19.4 Å². The molecule has 0 aliphatic carbocycles. The maximum Gasteiger partial charge on any atom is 0.247 e. The monoisotopic (exact) mass is 201 g/mol. The smallest absolute Gasteiger partial charge is 0.247 e. The molecule has 1 unspecified atom stereocenters. The van der Waals surface area contributed by atoms with Gasteiger partial charge in [0.05, 0.1) is 26.7 Å². The third kappa shape index (κ3) is 6.62. The maximum absolute atomic E-state index is 10.9. The van der Waals surface area contributed by atoms with E-state index in [1.807, 2.05) is 14.1 Å². The minimum Gasteiger partial charge on any atom is -0.393 e. The second-order valence-corrected chi connectivity index (χ2v) is 4.20. The van der Waals surface area contributed by atoms with Gasteiger partial charge >= 0.3 is 0 Å². The standard InChI is InChI=1S/C10H20N2O2/c1-5-10(14)11-8-12(3,4)7-6-9(2)13/h5,9,13H,1,6-8H2,2-4H3/p+1. The fraction of sp³-hybridized carbons (Fsp3) is 0.700. The molecule has 4 nitrogen and oxygen atoms in total. The first-order valence-electron chi connectivity index (χ1n) is 4.78. The zero-order valence-electron chi connectivity index (χ0n) is 9.29. The van der Waals surface area contributed by atoms with Crippen molar-refractivity contribution < 1.29 is 14.4 Å². The van der Waals surface area contributed by atoms with E-state index in [1.165, 1.54) is 6.08 Å². The molecule has 82 valence electrons. The lowest BCUT2D eigenvalue weighted by Crippen LogP contribution is -2.49. The van der Waals surface area contributed by atoms with Crippen LogP contribution in [0.2, 0.25) is 0 Å². The van der Waals surface area contributed by atoms with E-state index in [0.29, 0.717) is 11.2 Å². The molecule has 4 heteroatoms. The molecule has 14 heavy (non-hydrogen) atoms. The Morgan fingerprint density at radius 3 is 2.64 bits per heavy atom. The molecule has 0 bridgehead atoms. The van der Waals surface area contributed by atoms with Gasteiger partial charge in [-0.15, -0.1) is 0 Å². The Morgan fingerprint density at radius 2 is 2.21 bits per heavy atom. The van der Waals surface area contributed by atoms with Crippen LogP contribution in [0.1, 0.15) is 13.3 Å². The van der Waals surface area contributed by atoms with Crippen LogP contribution in [0.3, 0.4) is 0 Å². The molecule has 2 N–H and O–H groups in total. The lowest BCUT2D eigenvalue weighted by atomic mass is 10.2. The first kappa shape index (κ1) is 13.1. The fourth-order valence-electron chi connectivity index (χ4n) is 0.979. The molecule has 1 atom stereocenters. The molecule has 0 radical (unpaired) electrons. The van der Waals surface area contributed by atoms with E-state index in [-0.39, 0.29) is 12.0 Å². The van der Waals surface area contributed by atoms with Gasteiger partial charge in [-0.3, -0.25) is 4.79 Å². The number of aliphatic hydroxyl groups is 1. The molecule has 0 aromatic rings. The van der Waals surface area contributed by atoms with Gasteiger partial charge in [0.15, 0.2) is 6.67 Å². The van der Waals surface area contributed by atoms with Crippen LogP contribution < -0.4 is 5.32 Å². The topological polar surface area (TPSA) is 49.3 Å². The summed E-state index contributed by atoms with van der Waals surface area (Å²) in [5, 5.41) is 11.9. The minimum absolute atomic E-state index is 0.159. The molecular formula is C10H21N2O2+. The lowest BCUT2D eigenvalue weighted by Gasteiger charge is -2.30. The number of nitrogens with one attached hydrogen (secondary N) is 1. The SMILES string of the molecule is C=CC(=O)NC[N+](C)(C)CCC(C)O. The largest absolute Gasteiger partial charge is 0.393 e. The van der Waals surface area contributed by atoms with E-state index in [2.05, 4.69) is 11.9 Å². The maximum atomic E-state index is 10.9. The Labute approximate surface area is 85.8 Å². The Morgan fingerprint density at radius 1 is 1.64 bits per heavy atom. The van der Waals surface area contributed by atoms with Gasteiger partial charge in [-0.25, -0.2) is 0 Å². The van der Waals surface area contributed by atoms with Gasteiger partial charge in [-0.05, 0) is 13.0 Å². The zero-order valence-corrected chi connectivity index (χ0v) is 9.29. The Hall–Kier alpha value is -0.870. The summed E-state index contributed by atoms with van der Waals surface area (Å²) in [6, 6.07) is 0. The van der Waals surface area contributed by atoms with Crippen molar-refractivity contribution in [1.29, 1.82) is 0 Å². The molecule has 0 aliphatic rings. The first-order valence-corrected chi connectivity index (χ1v) is 4.78. The molecule has 0 saturated heterocycles. The van der Waals surface area contributed by atoms with Gasteiger partial charge in [0.25, 0.3) is 0 Å². The number of nitrogens with zero attached hydrogens (tertiary/aromatic N) is 1. The molecule has 0 saturated carbocycles. The summed E-state index contributed by atoms with van der Waals surface area (Å²) < 4.78 is 0.657. The number of carbonyl (C=O) groups is 1. The van der Waals surface area contributed by atoms with Crippen molar-refractivity contribution >= 4 is 5.91 Å². The molecule has 0 spiro atoms. The number of hydrogen-bond donors (Lipinski definition) is 2. The van der Waals surface area contributed by atoms with Crippen LogP contribution in [0.25, 0.3) is 0 Å². The van der Waals surface area contributed by atoms with Crippen molar-refractivity contribution in [2.75, 3.05) is 27.3 Å². The molecule has 1 amide bonds. The third-order valence-corrected chi connectivity index (χ3v) is 2.02. The number of rotatable bonds is 6. The number of hydrogen-bond acceptors (Lipinski definition) is 2. The zero-order chi connectivity index (χ0) is 11.2. The van der Waals surface area contributed by atoms with Crippen LogP contribution in [0, 0.1) is 0 Å². The van der Waals surface area contributed by atoms with Gasteiger partial charge in [0.2, 0.25) is 5.91 Å². The van der Waals surface area contributed by atoms with E-state index in [1.54, 1.807) is 6.92 Å². The van der Waals surface area contributed by atoms with E-state index in [0.717, 1.165) is 13.0 Å². The quantitative estimate of drug-likeness (QED) is 0.363. The van der Waals surface area contributed by atoms with Crippen molar-refractivity contribution in [2.24, 2.45) is 0 Å². The predicted molar refractivity (Wildman–Crippen MR) is 56.5 cm³/mol. The summed E-state index contributed by atoms with van der Waals surface area (Å²) in [5.41, 5.74) is 0. The van der Waals surface area contributed by atoms with Gasteiger partial charge in [0.1, 0.15) is 0 Å². The Bertz CT molecular complexity index is 200. The summed E-state index contributed by atoms with van der Waals surface area (Å²) in [6.07, 6.45) is 1.70. The molecule has 0 fully saturated rings. The van der Waals surface area contributed by atoms with Crippen molar-refractivity contribution in [1.82, 2.24) is 5.32 Å². The highest BCUT2D eigenvalue weighted by Gasteiger charge is 2.15. The van der Waals surface area contributed by atoms with E-state index >= 15 is 0 Å². The molecular weight excluding hydrogens is 180 g/mol. The van der Waals surface area contributed by atoms with Gasteiger partial charge in [-0.1, -0.05) is 6.58 Å². The summed E-state index contributed by atoms with van der Waals surface area (Å²) in [4.78, 5) is 10.9. The highest BCUT2D eigenvalue weighted by Crippen LogP contribution is 2.00. The molecule has 0 heterocycles. The number of carbonyl (C=O) groups excluding carboxylic acids is 1. The Balaban J connectivity index is 3.82. The minimum atomic E-state index is -0.289. The Kier molecular flexibility index (Phi) is 5.42. The van der Waals surface area contributed by atoms with Gasteiger partial charge in [0, 0.05) is 6.42 Å². The van der Waals surface area contributed by atoms with Crippen molar-refractivity contribution in [3.05, 3.63) is 12.7 Å². The summed E-state index contributed by atoms with van der Waals surface area (Å²) in [5.74, 6) is -0.159. The van der Waals surface area contributed by atoms with Crippen LogP contribution in [0.5, 0.6) is 0 Å². The first-order chi connectivity index (χ1) is 6.37. The average molecular weight is 201 g/mol. The average Bonchev–Trinajstić information content (AvgIpc) is 2.11. The molecule has 0 aromatic heterocycles. The lowest BCUT2D eigenvalue weighted by molar-refractivity contribution is -0.892. The van der Waals surface area contributed by atoms with Crippen LogP contribution in [-0.2, 0) is 4.79 Å². The van der Waals surface area contributed by atoms with Crippen LogP contribution >= 0.6 is 0 Å². The van der Waals surface area contributed by atoms with Crippen molar-refractivity contribution in [3.8, 4) is 0 Å². The highest BCUT2D eigenvalue weighted by atomic mass is 16.3. The van der Waals surface area contributed by atoms with Gasteiger partial charge in [-0.2, -0.15) is 0 Å². The predicted octanol–water partition coefficient (Wildman–Crippen LogP) is 0.0934. The second-order valence-electron chi connectivity index (χ2n) is 4.20. The molecule has 0 aromatic carbocycles. The van der Waals surface area contributed by atoms with Crippen LogP contribution in [0.4, 0.5) is 0 Å². The highest BCUT2D eigenvalue weighted by molar-refractivity contribution is 5.86. The summed E-state index contributed by atoms with van der Waals surface area (Å²) in [6.45, 7) is 6.52. The van der Waals surface area contributed by atoms with Crippen LogP contribution in [0.15, 0.2) is 12.7 Å². The van der Waals surface area contributed by atoms with Crippen LogP contribution in [-0.4, -0.2) is 48.9 Å². The normalized spacial score (nSPS) is 13.4.